The summed E-state index contributed by atoms with van der Waals surface area (Å²) in [4.78, 5) is 25.5. The van der Waals surface area contributed by atoms with Crippen molar-refractivity contribution in [2.75, 3.05) is 32.7 Å². The molecule has 6 nitrogen and oxygen atoms in total. The van der Waals surface area contributed by atoms with E-state index in [0.717, 1.165) is 76.5 Å². The van der Waals surface area contributed by atoms with Crippen LogP contribution in [0.15, 0.2) is 0 Å². The van der Waals surface area contributed by atoms with Gasteiger partial charge in [-0.15, -0.1) is 0 Å². The highest BCUT2D eigenvalue weighted by Gasteiger charge is 2.49. The lowest BCUT2D eigenvalue weighted by Gasteiger charge is -2.39. The molecule has 32 heavy (non-hydrogen) atoms. The van der Waals surface area contributed by atoms with Crippen LogP contribution in [0.2, 0.25) is 0 Å². The highest BCUT2D eigenvalue weighted by molar-refractivity contribution is 5.82. The summed E-state index contributed by atoms with van der Waals surface area (Å²) in [6.45, 7) is 5.31. The number of rotatable bonds is 6. The molecule has 5 fully saturated rings. The second-order valence-electron chi connectivity index (χ2n) is 11.6. The van der Waals surface area contributed by atoms with E-state index in [1.54, 1.807) is 0 Å². The molecule has 5 rings (SSSR count). The Kier molecular flexibility index (Phi) is 7.37. The van der Waals surface area contributed by atoms with Crippen molar-refractivity contribution in [2.45, 2.75) is 76.7 Å². The monoisotopic (exact) mass is 444 g/mol. The fraction of sp³-hybridized carbons (Fsp3) is 0.923. The summed E-state index contributed by atoms with van der Waals surface area (Å²) in [5.74, 6) is 4.49. The highest BCUT2D eigenvalue weighted by Crippen LogP contribution is 2.50. The van der Waals surface area contributed by atoms with Gasteiger partial charge in [0.25, 0.3) is 0 Å². The van der Waals surface area contributed by atoms with E-state index in [2.05, 4.69) is 21.3 Å². The molecule has 3 aliphatic carbocycles. The Morgan fingerprint density at radius 1 is 0.750 bits per heavy atom. The van der Waals surface area contributed by atoms with Crippen molar-refractivity contribution < 1.29 is 9.59 Å². The number of hydrogen-bond acceptors (Lipinski definition) is 4. The molecule has 5 aliphatic rings. The number of piperidine rings is 2. The third-order valence-corrected chi connectivity index (χ3v) is 9.47. The third-order valence-electron chi connectivity index (χ3n) is 9.47. The van der Waals surface area contributed by atoms with Crippen molar-refractivity contribution in [3.05, 3.63) is 0 Å². The average Bonchev–Trinajstić information content (AvgIpc) is 3.64. The number of amides is 2. The van der Waals surface area contributed by atoms with Crippen molar-refractivity contribution in [3.63, 3.8) is 0 Å². The van der Waals surface area contributed by atoms with Gasteiger partial charge in [0.2, 0.25) is 11.8 Å². The smallest absolute Gasteiger partial charge is 0.223 e. The van der Waals surface area contributed by atoms with E-state index in [9.17, 15) is 9.59 Å². The first-order valence-corrected chi connectivity index (χ1v) is 13.7. The van der Waals surface area contributed by atoms with Crippen molar-refractivity contribution >= 4 is 11.8 Å². The zero-order valence-electron chi connectivity index (χ0n) is 19.7. The zero-order chi connectivity index (χ0) is 21.9. The molecular weight excluding hydrogens is 400 g/mol. The summed E-state index contributed by atoms with van der Waals surface area (Å²) in [5.41, 5.74) is 0. The topological polar surface area (TPSA) is 82.3 Å². The Labute approximate surface area is 193 Å². The van der Waals surface area contributed by atoms with Gasteiger partial charge in [0.05, 0.1) is 0 Å². The Morgan fingerprint density at radius 3 is 2.38 bits per heavy atom. The molecule has 4 N–H and O–H groups in total. The van der Waals surface area contributed by atoms with Crippen LogP contribution >= 0.6 is 0 Å². The Balaban J connectivity index is 0.998. The van der Waals surface area contributed by atoms with Gasteiger partial charge >= 0.3 is 0 Å². The standard InChI is InChI=1S/C26H44N4O2/c31-25(29-15-17-2-1-10-27-14-17)19-5-3-18(4-6-19)23-13-24(23)26(32)30-22-8-7-21-16-28-11-9-20(21)12-22/h17-24,27-28H,1-16H2,(H,29,31)(H,30,32)/t17-,18?,19?,20?,21?,22?,23+,24-/m1/s1. The molecule has 0 spiro atoms. The van der Waals surface area contributed by atoms with Crippen LogP contribution < -0.4 is 21.3 Å². The van der Waals surface area contributed by atoms with Gasteiger partial charge in [-0.05, 0) is 126 Å². The molecular formula is C26H44N4O2. The molecule has 0 aromatic carbocycles. The molecule has 2 heterocycles. The maximum Gasteiger partial charge on any atom is 0.223 e. The van der Waals surface area contributed by atoms with Gasteiger partial charge in [0.1, 0.15) is 0 Å². The van der Waals surface area contributed by atoms with E-state index in [1.807, 2.05) is 0 Å². The van der Waals surface area contributed by atoms with Crippen LogP contribution in [0.1, 0.15) is 70.6 Å². The van der Waals surface area contributed by atoms with Crippen molar-refractivity contribution in [1.82, 2.24) is 21.3 Å². The lowest BCUT2D eigenvalue weighted by Crippen LogP contribution is -2.46. The number of carbonyl (C=O) groups is 2. The van der Waals surface area contributed by atoms with E-state index in [4.69, 9.17) is 0 Å². The maximum absolute atomic E-state index is 12.9. The largest absolute Gasteiger partial charge is 0.356 e. The van der Waals surface area contributed by atoms with Gasteiger partial charge in [-0.3, -0.25) is 9.59 Å². The Hall–Kier alpha value is -1.14. The molecule has 180 valence electrons. The second kappa shape index (κ2) is 10.4. The predicted octanol–water partition coefficient (Wildman–Crippen LogP) is 2.44. The van der Waals surface area contributed by atoms with Gasteiger partial charge in [0, 0.05) is 24.4 Å². The molecule has 0 aromatic heterocycles. The molecule has 6 atom stereocenters. The molecule has 0 aromatic rings. The summed E-state index contributed by atoms with van der Waals surface area (Å²) in [6, 6.07) is 0.405. The number of hydrogen-bond donors (Lipinski definition) is 4. The minimum atomic E-state index is 0.189. The molecule has 3 saturated carbocycles. The van der Waals surface area contributed by atoms with E-state index in [1.165, 1.54) is 38.6 Å². The van der Waals surface area contributed by atoms with Crippen LogP contribution in [-0.2, 0) is 9.59 Å². The van der Waals surface area contributed by atoms with Crippen LogP contribution in [0.4, 0.5) is 0 Å². The maximum atomic E-state index is 12.9. The lowest BCUT2D eigenvalue weighted by atomic mass is 9.73. The third kappa shape index (κ3) is 5.49. The van der Waals surface area contributed by atoms with E-state index in [0.29, 0.717) is 29.7 Å². The first-order chi connectivity index (χ1) is 15.7. The molecule has 3 unspecified atom stereocenters. The van der Waals surface area contributed by atoms with Gasteiger partial charge in [-0.1, -0.05) is 0 Å². The first kappa shape index (κ1) is 22.6. The molecule has 2 amide bonds. The van der Waals surface area contributed by atoms with Crippen LogP contribution in [0.5, 0.6) is 0 Å². The molecule has 0 bridgehead atoms. The van der Waals surface area contributed by atoms with Crippen LogP contribution in [0, 0.1) is 41.4 Å². The van der Waals surface area contributed by atoms with Gasteiger partial charge in [0.15, 0.2) is 0 Å². The average molecular weight is 445 g/mol. The van der Waals surface area contributed by atoms with Crippen LogP contribution in [-0.4, -0.2) is 50.6 Å². The Bertz CT molecular complexity index is 656. The summed E-state index contributed by atoms with van der Waals surface area (Å²) in [6.07, 6.45) is 12.7. The van der Waals surface area contributed by atoms with Gasteiger partial charge in [-0.25, -0.2) is 0 Å². The predicted molar refractivity (Wildman–Crippen MR) is 126 cm³/mol. The van der Waals surface area contributed by atoms with E-state index in [-0.39, 0.29) is 17.7 Å². The van der Waals surface area contributed by atoms with E-state index >= 15 is 0 Å². The fourth-order valence-corrected chi connectivity index (χ4v) is 7.30. The van der Waals surface area contributed by atoms with E-state index < -0.39 is 0 Å². The first-order valence-electron chi connectivity index (χ1n) is 13.7. The minimum Gasteiger partial charge on any atom is -0.356 e. The highest BCUT2D eigenvalue weighted by atomic mass is 16.2. The van der Waals surface area contributed by atoms with Crippen molar-refractivity contribution in [3.8, 4) is 0 Å². The van der Waals surface area contributed by atoms with Crippen molar-refractivity contribution in [1.29, 1.82) is 0 Å². The minimum absolute atomic E-state index is 0.189. The zero-order valence-corrected chi connectivity index (χ0v) is 19.7. The molecule has 6 heteroatoms. The molecule has 2 saturated heterocycles. The Morgan fingerprint density at radius 2 is 1.56 bits per heavy atom. The van der Waals surface area contributed by atoms with Gasteiger partial charge in [-0.2, -0.15) is 0 Å². The summed E-state index contributed by atoms with van der Waals surface area (Å²) in [5, 5.41) is 13.6. The van der Waals surface area contributed by atoms with Crippen LogP contribution in [0.25, 0.3) is 0 Å². The lowest BCUT2D eigenvalue weighted by molar-refractivity contribution is -0.127. The fourth-order valence-electron chi connectivity index (χ4n) is 7.30. The number of fused-ring (bicyclic) bond motifs is 1. The number of nitrogens with one attached hydrogen (secondary N) is 4. The number of carbonyl (C=O) groups excluding carboxylic acids is 2. The quantitative estimate of drug-likeness (QED) is 0.507. The summed E-state index contributed by atoms with van der Waals surface area (Å²) >= 11 is 0. The summed E-state index contributed by atoms with van der Waals surface area (Å²) < 4.78 is 0. The normalized spacial score (nSPS) is 41.9. The molecule has 0 radical (unpaired) electrons. The van der Waals surface area contributed by atoms with Gasteiger partial charge < -0.3 is 21.3 Å². The SMILES string of the molecule is O=C(NC[C@@H]1CCCNC1)C1CCC([C@@H]2C[C@H]2C(=O)NC2CCC3CNCCC3C2)CC1. The molecule has 2 aliphatic heterocycles. The van der Waals surface area contributed by atoms with Crippen LogP contribution in [0.3, 0.4) is 0 Å². The van der Waals surface area contributed by atoms with Crippen molar-refractivity contribution in [2.24, 2.45) is 41.4 Å². The second-order valence-corrected chi connectivity index (χ2v) is 11.6. The summed E-state index contributed by atoms with van der Waals surface area (Å²) in [7, 11) is 0.